The fraction of sp³-hybridized carbons (Fsp3) is 0.182. The molecule has 15 heavy (non-hydrogen) atoms. The summed E-state index contributed by atoms with van der Waals surface area (Å²) in [6.07, 6.45) is 0.533. The van der Waals surface area contributed by atoms with Crippen LogP contribution in [0.15, 0.2) is 28.2 Å². The number of nitrogens with two attached hydrogens (primary N) is 1. The highest BCUT2D eigenvalue weighted by Crippen LogP contribution is 2.25. The molecule has 78 valence electrons. The van der Waals surface area contributed by atoms with Gasteiger partial charge in [-0.05, 0) is 24.6 Å². The van der Waals surface area contributed by atoms with Crippen LogP contribution in [0.25, 0.3) is 5.70 Å². The molecular formula is C11H10BrFN2. The molecular weight excluding hydrogens is 259 g/mol. The molecule has 0 radical (unpaired) electrons. The van der Waals surface area contributed by atoms with E-state index >= 15 is 0 Å². The first-order valence-corrected chi connectivity index (χ1v) is 5.23. The Morgan fingerprint density at radius 1 is 1.60 bits per heavy atom. The second-order valence-electron chi connectivity index (χ2n) is 2.98. The van der Waals surface area contributed by atoms with E-state index in [-0.39, 0.29) is 5.82 Å². The van der Waals surface area contributed by atoms with Crippen molar-refractivity contribution >= 4 is 21.6 Å². The molecule has 1 aromatic rings. The van der Waals surface area contributed by atoms with Crippen LogP contribution >= 0.6 is 15.9 Å². The smallest absolute Gasteiger partial charge is 0.123 e. The van der Waals surface area contributed by atoms with E-state index in [1.54, 1.807) is 6.07 Å². The van der Waals surface area contributed by atoms with Crippen molar-refractivity contribution in [2.75, 3.05) is 0 Å². The highest BCUT2D eigenvalue weighted by Gasteiger charge is 2.08. The Bertz CT molecular complexity index is 446. The molecule has 1 rings (SSSR count). The van der Waals surface area contributed by atoms with Crippen LogP contribution < -0.4 is 5.73 Å². The predicted octanol–water partition coefficient (Wildman–Crippen LogP) is 3.19. The summed E-state index contributed by atoms with van der Waals surface area (Å²) < 4.78 is 13.7. The molecule has 1 aromatic carbocycles. The Morgan fingerprint density at radius 3 is 2.80 bits per heavy atom. The summed E-state index contributed by atoms with van der Waals surface area (Å²) in [6, 6.07) is 6.22. The van der Waals surface area contributed by atoms with Gasteiger partial charge in [0.05, 0.1) is 17.3 Å². The van der Waals surface area contributed by atoms with Crippen LogP contribution in [0.4, 0.5) is 4.39 Å². The molecule has 0 spiro atoms. The molecule has 0 aliphatic heterocycles. The summed E-state index contributed by atoms with van der Waals surface area (Å²) in [7, 11) is 0. The highest BCUT2D eigenvalue weighted by molar-refractivity contribution is 9.10. The van der Waals surface area contributed by atoms with Gasteiger partial charge in [-0.15, -0.1) is 0 Å². The second-order valence-corrected chi connectivity index (χ2v) is 3.84. The molecule has 0 aliphatic carbocycles. The van der Waals surface area contributed by atoms with Crippen LogP contribution in [-0.2, 0) is 0 Å². The first kappa shape index (κ1) is 11.7. The summed E-state index contributed by atoms with van der Waals surface area (Å²) in [5, 5.41) is 8.82. The van der Waals surface area contributed by atoms with E-state index in [2.05, 4.69) is 15.9 Å². The van der Waals surface area contributed by atoms with E-state index in [0.717, 1.165) is 0 Å². The van der Waals surface area contributed by atoms with Gasteiger partial charge >= 0.3 is 0 Å². The highest BCUT2D eigenvalue weighted by atomic mass is 79.9. The lowest BCUT2D eigenvalue weighted by Crippen LogP contribution is -2.02. The number of hydrogen-bond donors (Lipinski definition) is 1. The molecule has 0 bridgehead atoms. The van der Waals surface area contributed by atoms with E-state index < -0.39 is 0 Å². The third-order valence-corrected chi connectivity index (χ3v) is 2.72. The topological polar surface area (TPSA) is 49.8 Å². The minimum absolute atomic E-state index is 0.325. The van der Waals surface area contributed by atoms with Gasteiger partial charge < -0.3 is 5.73 Å². The lowest BCUT2D eigenvalue weighted by Gasteiger charge is -2.06. The molecule has 0 aromatic heterocycles. The normalized spacial score (nSPS) is 11.9. The van der Waals surface area contributed by atoms with Crippen molar-refractivity contribution in [2.45, 2.75) is 13.3 Å². The summed E-state index contributed by atoms with van der Waals surface area (Å²) in [5.74, 6) is -0.371. The van der Waals surface area contributed by atoms with Crippen LogP contribution in [0.5, 0.6) is 0 Å². The fourth-order valence-corrected chi connectivity index (χ4v) is 1.66. The van der Waals surface area contributed by atoms with Gasteiger partial charge in [-0.2, -0.15) is 5.26 Å². The zero-order valence-corrected chi connectivity index (χ0v) is 9.81. The standard InChI is InChI=1S/C11H10BrFN2/c1-2-7(6-14)11(15)9-5-8(13)3-4-10(9)12/h3-5H,2,15H2,1H3/b11-7-. The average molecular weight is 269 g/mol. The van der Waals surface area contributed by atoms with Gasteiger partial charge in [0.15, 0.2) is 0 Å². The monoisotopic (exact) mass is 268 g/mol. The summed E-state index contributed by atoms with van der Waals surface area (Å²) in [6.45, 7) is 1.83. The second kappa shape index (κ2) is 4.94. The van der Waals surface area contributed by atoms with Crippen LogP contribution in [0.2, 0.25) is 0 Å². The molecule has 4 heteroatoms. The van der Waals surface area contributed by atoms with E-state index in [1.807, 2.05) is 13.0 Å². The maximum absolute atomic E-state index is 13.0. The minimum atomic E-state index is -0.371. The van der Waals surface area contributed by atoms with Crippen molar-refractivity contribution in [3.05, 3.63) is 39.6 Å². The Balaban J connectivity index is 3.34. The quantitative estimate of drug-likeness (QED) is 0.838. The fourth-order valence-electron chi connectivity index (χ4n) is 1.20. The summed E-state index contributed by atoms with van der Waals surface area (Å²) in [5.41, 5.74) is 7.10. The van der Waals surface area contributed by atoms with Gasteiger partial charge in [-0.25, -0.2) is 4.39 Å². The van der Waals surface area contributed by atoms with E-state index in [4.69, 9.17) is 11.0 Å². The molecule has 0 fully saturated rings. The Morgan fingerprint density at radius 2 is 2.27 bits per heavy atom. The van der Waals surface area contributed by atoms with Crippen molar-refractivity contribution in [3.63, 3.8) is 0 Å². The Hall–Kier alpha value is -1.34. The van der Waals surface area contributed by atoms with Crippen molar-refractivity contribution in [1.82, 2.24) is 0 Å². The van der Waals surface area contributed by atoms with Crippen LogP contribution in [0.1, 0.15) is 18.9 Å². The van der Waals surface area contributed by atoms with Crippen molar-refractivity contribution in [3.8, 4) is 6.07 Å². The SMILES string of the molecule is CC/C(C#N)=C(/N)c1cc(F)ccc1Br. The maximum Gasteiger partial charge on any atom is 0.123 e. The van der Waals surface area contributed by atoms with Crippen molar-refractivity contribution in [2.24, 2.45) is 5.73 Å². The molecule has 0 unspecified atom stereocenters. The van der Waals surface area contributed by atoms with E-state index in [1.165, 1.54) is 12.1 Å². The molecule has 2 N–H and O–H groups in total. The Kier molecular flexibility index (Phi) is 3.87. The molecule has 0 atom stereocenters. The lowest BCUT2D eigenvalue weighted by atomic mass is 10.1. The van der Waals surface area contributed by atoms with E-state index in [0.29, 0.717) is 27.7 Å². The number of halogens is 2. The molecule has 0 amide bonds. The summed E-state index contributed by atoms with van der Waals surface area (Å²) >= 11 is 3.27. The lowest BCUT2D eigenvalue weighted by molar-refractivity contribution is 0.627. The van der Waals surface area contributed by atoms with Crippen LogP contribution in [-0.4, -0.2) is 0 Å². The van der Waals surface area contributed by atoms with Crippen LogP contribution in [0, 0.1) is 17.1 Å². The number of nitrogens with zero attached hydrogens (tertiary/aromatic N) is 1. The van der Waals surface area contributed by atoms with Gasteiger partial charge in [0, 0.05) is 10.0 Å². The number of hydrogen-bond acceptors (Lipinski definition) is 2. The number of rotatable bonds is 2. The maximum atomic E-state index is 13.0. The van der Waals surface area contributed by atoms with Gasteiger partial charge in [-0.1, -0.05) is 22.9 Å². The van der Waals surface area contributed by atoms with Gasteiger partial charge in [0.1, 0.15) is 5.82 Å². The predicted molar refractivity (Wildman–Crippen MR) is 61.1 cm³/mol. The zero-order chi connectivity index (χ0) is 11.4. The number of allylic oxidation sites excluding steroid dienone is 1. The van der Waals surface area contributed by atoms with Gasteiger partial charge in [0.25, 0.3) is 0 Å². The number of benzene rings is 1. The van der Waals surface area contributed by atoms with Crippen LogP contribution in [0.3, 0.4) is 0 Å². The molecule has 2 nitrogen and oxygen atoms in total. The third kappa shape index (κ3) is 2.57. The van der Waals surface area contributed by atoms with Crippen molar-refractivity contribution < 1.29 is 4.39 Å². The first-order chi connectivity index (χ1) is 7.10. The zero-order valence-electron chi connectivity index (χ0n) is 8.22. The Labute approximate surface area is 96.3 Å². The molecule has 0 saturated carbocycles. The first-order valence-electron chi connectivity index (χ1n) is 4.44. The van der Waals surface area contributed by atoms with Gasteiger partial charge in [-0.3, -0.25) is 0 Å². The number of nitriles is 1. The largest absolute Gasteiger partial charge is 0.397 e. The average Bonchev–Trinajstić information content (AvgIpc) is 2.23. The third-order valence-electron chi connectivity index (χ3n) is 2.03. The summed E-state index contributed by atoms with van der Waals surface area (Å²) in [4.78, 5) is 0. The van der Waals surface area contributed by atoms with E-state index in [9.17, 15) is 4.39 Å². The molecule has 0 aliphatic rings. The van der Waals surface area contributed by atoms with Gasteiger partial charge in [0.2, 0.25) is 0 Å². The molecule has 0 heterocycles. The minimum Gasteiger partial charge on any atom is -0.397 e. The molecule has 0 saturated heterocycles. The van der Waals surface area contributed by atoms with Crippen molar-refractivity contribution in [1.29, 1.82) is 5.26 Å².